The third-order valence-corrected chi connectivity index (χ3v) is 3.75. The number of benzene rings is 1. The third kappa shape index (κ3) is 1.67. The van der Waals surface area contributed by atoms with Crippen LogP contribution in [0.15, 0.2) is 36.5 Å². The Hall–Kier alpha value is -1.61. The molecule has 2 aromatic rings. The molecule has 0 aliphatic carbocycles. The molecule has 1 aromatic carbocycles. The van der Waals surface area contributed by atoms with Crippen molar-refractivity contribution in [2.75, 3.05) is 11.4 Å². The highest BCUT2D eigenvalue weighted by molar-refractivity contribution is 5.91. The van der Waals surface area contributed by atoms with E-state index >= 15 is 0 Å². The number of hydrogen-bond acceptors (Lipinski definition) is 3. The van der Waals surface area contributed by atoms with Crippen molar-refractivity contribution in [3.05, 3.63) is 36.5 Å². The molecule has 1 fully saturated rings. The Balaban J connectivity index is 2.11. The van der Waals surface area contributed by atoms with Crippen molar-refractivity contribution in [2.24, 2.45) is 5.73 Å². The molecule has 0 bridgehead atoms. The molecule has 2 heterocycles. The monoisotopic (exact) mass is 227 g/mol. The van der Waals surface area contributed by atoms with Gasteiger partial charge in [0.05, 0.1) is 5.52 Å². The van der Waals surface area contributed by atoms with Gasteiger partial charge >= 0.3 is 0 Å². The van der Waals surface area contributed by atoms with Crippen molar-refractivity contribution in [1.29, 1.82) is 0 Å². The quantitative estimate of drug-likeness (QED) is 0.811. The maximum atomic E-state index is 6.09. The Morgan fingerprint density at radius 2 is 2.12 bits per heavy atom. The Kier molecular flexibility index (Phi) is 2.48. The van der Waals surface area contributed by atoms with Crippen molar-refractivity contribution in [3.8, 4) is 0 Å². The molecule has 0 spiro atoms. The average Bonchev–Trinajstić information content (AvgIpc) is 2.69. The van der Waals surface area contributed by atoms with Gasteiger partial charge in [0.2, 0.25) is 0 Å². The summed E-state index contributed by atoms with van der Waals surface area (Å²) in [6, 6.07) is 11.1. The molecule has 2 atom stereocenters. The van der Waals surface area contributed by atoms with Crippen LogP contribution < -0.4 is 10.6 Å². The lowest BCUT2D eigenvalue weighted by atomic mass is 10.1. The minimum Gasteiger partial charge on any atom is -0.367 e. The number of anilines is 1. The highest BCUT2D eigenvalue weighted by Gasteiger charge is 2.28. The first kappa shape index (κ1) is 10.5. The molecule has 1 aliphatic heterocycles. The molecule has 0 amide bonds. The van der Waals surface area contributed by atoms with Crippen LogP contribution in [-0.4, -0.2) is 23.6 Å². The summed E-state index contributed by atoms with van der Waals surface area (Å²) in [5.41, 5.74) is 8.41. The summed E-state index contributed by atoms with van der Waals surface area (Å²) in [5, 5.41) is 1.22. The van der Waals surface area contributed by atoms with Crippen LogP contribution in [0.3, 0.4) is 0 Å². The second-order valence-electron chi connectivity index (χ2n) is 4.73. The number of fused-ring (bicyclic) bond motifs is 1. The van der Waals surface area contributed by atoms with Crippen LogP contribution in [0.1, 0.15) is 13.3 Å². The minimum atomic E-state index is 0.280. The molecule has 1 aliphatic rings. The number of nitrogens with zero attached hydrogens (tertiary/aromatic N) is 2. The van der Waals surface area contributed by atoms with Gasteiger partial charge in [-0.1, -0.05) is 18.2 Å². The third-order valence-electron chi connectivity index (χ3n) is 3.75. The molecule has 3 rings (SSSR count). The van der Waals surface area contributed by atoms with Crippen molar-refractivity contribution < 1.29 is 0 Å². The van der Waals surface area contributed by atoms with Crippen LogP contribution in [-0.2, 0) is 0 Å². The number of para-hydroxylation sites is 1. The van der Waals surface area contributed by atoms with Gasteiger partial charge < -0.3 is 10.6 Å². The van der Waals surface area contributed by atoms with Crippen molar-refractivity contribution >= 4 is 16.6 Å². The molecule has 1 aromatic heterocycles. The van der Waals surface area contributed by atoms with Crippen molar-refractivity contribution in [3.63, 3.8) is 0 Å². The fourth-order valence-electron chi connectivity index (χ4n) is 2.64. The molecule has 88 valence electrons. The van der Waals surface area contributed by atoms with Gasteiger partial charge in [0.1, 0.15) is 0 Å². The first-order valence-corrected chi connectivity index (χ1v) is 6.13. The lowest BCUT2D eigenvalue weighted by molar-refractivity contribution is 0.625. The average molecular weight is 227 g/mol. The second kappa shape index (κ2) is 4.00. The fourth-order valence-corrected chi connectivity index (χ4v) is 2.64. The van der Waals surface area contributed by atoms with E-state index in [9.17, 15) is 0 Å². The molecular formula is C14H17N3. The SMILES string of the molecule is CC1C(N)CCN1c1ccnc2ccccc12. The van der Waals surface area contributed by atoms with Gasteiger partial charge in [0, 0.05) is 35.9 Å². The Bertz CT molecular complexity index is 532. The van der Waals surface area contributed by atoms with Gasteiger partial charge in [-0.25, -0.2) is 0 Å². The summed E-state index contributed by atoms with van der Waals surface area (Å²) in [6.07, 6.45) is 2.95. The lowest BCUT2D eigenvalue weighted by Crippen LogP contribution is -2.36. The number of aromatic nitrogens is 1. The number of nitrogens with two attached hydrogens (primary N) is 1. The highest BCUT2D eigenvalue weighted by atomic mass is 15.2. The normalized spacial score (nSPS) is 24.5. The highest BCUT2D eigenvalue weighted by Crippen LogP contribution is 2.30. The maximum Gasteiger partial charge on any atom is 0.0722 e. The molecule has 3 heteroatoms. The van der Waals surface area contributed by atoms with E-state index in [4.69, 9.17) is 5.73 Å². The Morgan fingerprint density at radius 1 is 1.29 bits per heavy atom. The zero-order valence-electron chi connectivity index (χ0n) is 10.0. The minimum absolute atomic E-state index is 0.280. The number of hydrogen-bond donors (Lipinski definition) is 1. The van der Waals surface area contributed by atoms with E-state index in [-0.39, 0.29) is 6.04 Å². The number of pyridine rings is 1. The first-order chi connectivity index (χ1) is 8.27. The summed E-state index contributed by atoms with van der Waals surface area (Å²) in [7, 11) is 0. The smallest absolute Gasteiger partial charge is 0.0722 e. The number of rotatable bonds is 1. The summed E-state index contributed by atoms with van der Waals surface area (Å²) in [4.78, 5) is 6.80. The van der Waals surface area contributed by atoms with E-state index in [1.807, 2.05) is 12.3 Å². The van der Waals surface area contributed by atoms with Gasteiger partial charge in [0.15, 0.2) is 0 Å². The van der Waals surface area contributed by atoms with Gasteiger partial charge in [-0.3, -0.25) is 4.98 Å². The van der Waals surface area contributed by atoms with Gasteiger partial charge in [-0.05, 0) is 25.5 Å². The Labute approximate surface area is 101 Å². The standard InChI is InChI=1S/C14H17N3/c1-10-12(15)7-9-17(10)14-6-8-16-13-5-3-2-4-11(13)14/h2-6,8,10,12H,7,9,15H2,1H3. The second-order valence-corrected chi connectivity index (χ2v) is 4.73. The van der Waals surface area contributed by atoms with Crippen molar-refractivity contribution in [2.45, 2.75) is 25.4 Å². The van der Waals surface area contributed by atoms with Crippen LogP contribution in [0.25, 0.3) is 10.9 Å². The van der Waals surface area contributed by atoms with Crippen LogP contribution >= 0.6 is 0 Å². The molecule has 0 saturated carbocycles. The molecule has 2 N–H and O–H groups in total. The zero-order chi connectivity index (χ0) is 11.8. The summed E-state index contributed by atoms with van der Waals surface area (Å²) in [6.45, 7) is 3.24. The van der Waals surface area contributed by atoms with Crippen LogP contribution in [0.4, 0.5) is 5.69 Å². The zero-order valence-corrected chi connectivity index (χ0v) is 10.0. The van der Waals surface area contributed by atoms with E-state index in [2.05, 4.69) is 41.1 Å². The maximum absolute atomic E-state index is 6.09. The molecule has 0 radical (unpaired) electrons. The predicted molar refractivity (Wildman–Crippen MR) is 71.1 cm³/mol. The van der Waals surface area contributed by atoms with Crippen LogP contribution in [0.2, 0.25) is 0 Å². The largest absolute Gasteiger partial charge is 0.367 e. The molecule has 17 heavy (non-hydrogen) atoms. The molecule has 2 unspecified atom stereocenters. The van der Waals surface area contributed by atoms with E-state index in [0.29, 0.717) is 6.04 Å². The van der Waals surface area contributed by atoms with Gasteiger partial charge in [0.25, 0.3) is 0 Å². The fraction of sp³-hybridized carbons (Fsp3) is 0.357. The van der Waals surface area contributed by atoms with E-state index in [1.165, 1.54) is 11.1 Å². The molecular weight excluding hydrogens is 210 g/mol. The summed E-state index contributed by atoms with van der Waals surface area (Å²) < 4.78 is 0. The predicted octanol–water partition coefficient (Wildman–Crippen LogP) is 2.16. The van der Waals surface area contributed by atoms with Crippen molar-refractivity contribution in [1.82, 2.24) is 4.98 Å². The van der Waals surface area contributed by atoms with E-state index in [0.717, 1.165) is 18.5 Å². The van der Waals surface area contributed by atoms with E-state index in [1.54, 1.807) is 0 Å². The van der Waals surface area contributed by atoms with Gasteiger partial charge in [-0.2, -0.15) is 0 Å². The van der Waals surface area contributed by atoms with E-state index < -0.39 is 0 Å². The lowest BCUT2D eigenvalue weighted by Gasteiger charge is -2.26. The summed E-state index contributed by atoms with van der Waals surface area (Å²) in [5.74, 6) is 0. The van der Waals surface area contributed by atoms with Crippen LogP contribution in [0, 0.1) is 0 Å². The Morgan fingerprint density at radius 3 is 2.88 bits per heavy atom. The molecule has 1 saturated heterocycles. The first-order valence-electron chi connectivity index (χ1n) is 6.13. The molecule has 3 nitrogen and oxygen atoms in total. The van der Waals surface area contributed by atoms with Crippen LogP contribution in [0.5, 0.6) is 0 Å². The summed E-state index contributed by atoms with van der Waals surface area (Å²) >= 11 is 0. The van der Waals surface area contributed by atoms with Gasteiger partial charge in [-0.15, -0.1) is 0 Å². The topological polar surface area (TPSA) is 42.1 Å².